The van der Waals surface area contributed by atoms with Crippen LogP contribution in [-0.4, -0.2) is 33.1 Å². The second-order valence-electron chi connectivity index (χ2n) is 3.53. The molecule has 2 unspecified atom stereocenters. The van der Waals surface area contributed by atoms with Crippen LogP contribution < -0.4 is 0 Å². The van der Waals surface area contributed by atoms with Crippen LogP contribution in [-0.2, 0) is 6.61 Å². The van der Waals surface area contributed by atoms with Gasteiger partial charge in [0, 0.05) is 12.2 Å². The monoisotopic (exact) mass is 230 g/mol. The summed E-state index contributed by atoms with van der Waals surface area (Å²) < 4.78 is 13.3. The molecule has 0 aliphatic carbocycles. The van der Waals surface area contributed by atoms with Gasteiger partial charge in [-0.05, 0) is 18.1 Å². The Morgan fingerprint density at radius 1 is 1.19 bits per heavy atom. The van der Waals surface area contributed by atoms with Crippen molar-refractivity contribution in [1.82, 2.24) is 0 Å². The minimum Gasteiger partial charge on any atom is -0.396 e. The van der Waals surface area contributed by atoms with Crippen LogP contribution in [0.2, 0.25) is 0 Å². The number of halogens is 1. The summed E-state index contributed by atoms with van der Waals surface area (Å²) in [5, 5.41) is 36.4. The van der Waals surface area contributed by atoms with E-state index in [1.54, 1.807) is 0 Å². The van der Waals surface area contributed by atoms with Gasteiger partial charge < -0.3 is 20.4 Å². The smallest absolute Gasteiger partial charge is 0.129 e. The molecular weight excluding hydrogens is 215 g/mol. The molecule has 0 bridgehead atoms. The molecule has 0 aliphatic rings. The van der Waals surface area contributed by atoms with Gasteiger partial charge >= 0.3 is 0 Å². The van der Waals surface area contributed by atoms with Crippen LogP contribution in [0.5, 0.6) is 0 Å². The van der Waals surface area contributed by atoms with E-state index >= 15 is 0 Å². The van der Waals surface area contributed by atoms with Gasteiger partial charge in [-0.1, -0.05) is 12.1 Å². The van der Waals surface area contributed by atoms with Gasteiger partial charge in [-0.25, -0.2) is 4.39 Å². The summed E-state index contributed by atoms with van der Waals surface area (Å²) in [6.07, 6.45) is -2.36. The third kappa shape index (κ3) is 2.99. The molecule has 0 heterocycles. The predicted molar refractivity (Wildman–Crippen MR) is 55.0 cm³/mol. The van der Waals surface area contributed by atoms with E-state index in [0.717, 1.165) is 6.07 Å². The Labute approximate surface area is 92.6 Å². The summed E-state index contributed by atoms with van der Waals surface area (Å²) in [7, 11) is 0. The highest BCUT2D eigenvalue weighted by Gasteiger charge is 2.18. The van der Waals surface area contributed by atoms with Crippen LogP contribution in [0.1, 0.15) is 23.7 Å². The van der Waals surface area contributed by atoms with Gasteiger partial charge in [0.1, 0.15) is 11.9 Å². The minimum absolute atomic E-state index is 0.0184. The molecule has 5 heteroatoms. The Hall–Kier alpha value is -1.01. The lowest BCUT2D eigenvalue weighted by molar-refractivity contribution is 0.00405. The topological polar surface area (TPSA) is 80.9 Å². The highest BCUT2D eigenvalue weighted by molar-refractivity contribution is 5.26. The Kier molecular flexibility index (Phi) is 4.82. The predicted octanol–water partition coefficient (Wildman–Crippen LogP) is 0.0947. The SMILES string of the molecule is OCCC(O)C(O)c1ccc(CO)c(F)c1. The molecule has 4 nitrogen and oxygen atoms in total. The molecule has 0 fully saturated rings. The van der Waals surface area contributed by atoms with Gasteiger partial charge in [0.25, 0.3) is 0 Å². The Morgan fingerprint density at radius 2 is 1.88 bits per heavy atom. The first-order chi connectivity index (χ1) is 7.60. The van der Waals surface area contributed by atoms with Crippen LogP contribution in [0, 0.1) is 5.82 Å². The number of rotatable bonds is 5. The van der Waals surface area contributed by atoms with E-state index in [9.17, 15) is 14.6 Å². The molecule has 0 amide bonds. The summed E-state index contributed by atoms with van der Waals surface area (Å²) in [6, 6.07) is 3.84. The summed E-state index contributed by atoms with van der Waals surface area (Å²) in [5.41, 5.74) is 0.350. The Balaban J connectivity index is 2.84. The number of benzene rings is 1. The summed E-state index contributed by atoms with van der Waals surface area (Å²) in [4.78, 5) is 0. The van der Waals surface area contributed by atoms with Crippen LogP contribution in [0.4, 0.5) is 4.39 Å². The Bertz CT molecular complexity index is 343. The van der Waals surface area contributed by atoms with Crippen molar-refractivity contribution in [2.45, 2.75) is 25.2 Å². The summed E-state index contributed by atoms with van der Waals surface area (Å²) in [5.74, 6) is -0.629. The fourth-order valence-corrected chi connectivity index (χ4v) is 1.39. The maximum atomic E-state index is 13.3. The fraction of sp³-hybridized carbons (Fsp3) is 0.455. The van der Waals surface area contributed by atoms with E-state index in [4.69, 9.17) is 10.2 Å². The van der Waals surface area contributed by atoms with Crippen molar-refractivity contribution in [2.75, 3.05) is 6.61 Å². The van der Waals surface area contributed by atoms with Gasteiger partial charge in [-0.2, -0.15) is 0 Å². The zero-order valence-corrected chi connectivity index (χ0v) is 8.67. The molecular formula is C11H15FO4. The fourth-order valence-electron chi connectivity index (χ4n) is 1.39. The van der Waals surface area contributed by atoms with Crippen LogP contribution in [0.3, 0.4) is 0 Å². The molecule has 90 valence electrons. The van der Waals surface area contributed by atoms with E-state index in [1.165, 1.54) is 12.1 Å². The highest BCUT2D eigenvalue weighted by atomic mass is 19.1. The molecule has 0 saturated heterocycles. The maximum absolute atomic E-state index is 13.3. The van der Waals surface area contributed by atoms with E-state index in [1.807, 2.05) is 0 Å². The zero-order chi connectivity index (χ0) is 12.1. The average molecular weight is 230 g/mol. The van der Waals surface area contributed by atoms with Crippen molar-refractivity contribution in [3.8, 4) is 0 Å². The van der Waals surface area contributed by atoms with E-state index in [0.29, 0.717) is 0 Å². The van der Waals surface area contributed by atoms with Crippen molar-refractivity contribution >= 4 is 0 Å². The lowest BCUT2D eigenvalue weighted by atomic mass is 10.0. The van der Waals surface area contributed by atoms with Gasteiger partial charge in [0.2, 0.25) is 0 Å². The summed E-state index contributed by atoms with van der Waals surface area (Å²) >= 11 is 0. The molecule has 0 aliphatic heterocycles. The second kappa shape index (κ2) is 5.91. The number of hydrogen-bond donors (Lipinski definition) is 4. The normalized spacial score (nSPS) is 14.8. The Morgan fingerprint density at radius 3 is 2.38 bits per heavy atom. The molecule has 1 rings (SSSR count). The third-order valence-corrected chi connectivity index (χ3v) is 2.38. The molecule has 0 aromatic heterocycles. The zero-order valence-electron chi connectivity index (χ0n) is 8.67. The number of aliphatic hydroxyl groups excluding tert-OH is 4. The van der Waals surface area contributed by atoms with Crippen molar-refractivity contribution in [3.63, 3.8) is 0 Å². The van der Waals surface area contributed by atoms with Crippen LogP contribution >= 0.6 is 0 Å². The average Bonchev–Trinajstić information content (AvgIpc) is 2.28. The molecule has 0 radical (unpaired) electrons. The molecule has 4 N–H and O–H groups in total. The van der Waals surface area contributed by atoms with Gasteiger partial charge in [0.15, 0.2) is 0 Å². The first-order valence-corrected chi connectivity index (χ1v) is 4.96. The highest BCUT2D eigenvalue weighted by Crippen LogP contribution is 2.21. The quantitative estimate of drug-likeness (QED) is 0.578. The van der Waals surface area contributed by atoms with Gasteiger partial charge in [-0.3, -0.25) is 0 Å². The van der Waals surface area contributed by atoms with E-state index in [-0.39, 0.29) is 24.2 Å². The summed E-state index contributed by atoms with van der Waals surface area (Å²) in [6.45, 7) is -0.670. The second-order valence-corrected chi connectivity index (χ2v) is 3.53. The largest absolute Gasteiger partial charge is 0.396 e. The van der Waals surface area contributed by atoms with E-state index < -0.39 is 24.6 Å². The van der Waals surface area contributed by atoms with Gasteiger partial charge in [-0.15, -0.1) is 0 Å². The molecule has 2 atom stereocenters. The first kappa shape index (κ1) is 13.1. The molecule has 1 aromatic carbocycles. The first-order valence-electron chi connectivity index (χ1n) is 4.96. The third-order valence-electron chi connectivity index (χ3n) is 2.38. The number of aliphatic hydroxyl groups is 4. The van der Waals surface area contributed by atoms with E-state index in [2.05, 4.69) is 0 Å². The maximum Gasteiger partial charge on any atom is 0.129 e. The molecule has 1 aromatic rings. The van der Waals surface area contributed by atoms with Crippen molar-refractivity contribution in [2.24, 2.45) is 0 Å². The molecule has 16 heavy (non-hydrogen) atoms. The minimum atomic E-state index is -1.24. The van der Waals surface area contributed by atoms with Crippen molar-refractivity contribution in [3.05, 3.63) is 35.1 Å². The lowest BCUT2D eigenvalue weighted by Crippen LogP contribution is -2.19. The lowest BCUT2D eigenvalue weighted by Gasteiger charge is -2.17. The van der Waals surface area contributed by atoms with Crippen molar-refractivity contribution in [1.29, 1.82) is 0 Å². The van der Waals surface area contributed by atoms with Gasteiger partial charge in [0.05, 0.1) is 12.7 Å². The molecule has 0 spiro atoms. The standard InChI is InChI=1S/C11H15FO4/c12-9-5-7(1-2-8(9)6-14)11(16)10(15)3-4-13/h1-2,5,10-11,13-16H,3-4,6H2. The van der Waals surface area contributed by atoms with Crippen LogP contribution in [0.15, 0.2) is 18.2 Å². The number of hydrogen-bond acceptors (Lipinski definition) is 4. The molecule has 0 saturated carbocycles. The van der Waals surface area contributed by atoms with Crippen LogP contribution in [0.25, 0.3) is 0 Å². The van der Waals surface area contributed by atoms with Crippen molar-refractivity contribution < 1.29 is 24.8 Å².